The van der Waals surface area contributed by atoms with Crippen LogP contribution in [0.1, 0.15) is 39.0 Å². The maximum atomic E-state index is 11.6. The zero-order valence-corrected chi connectivity index (χ0v) is 15.1. The molecule has 0 saturated carbocycles. The molecular weight excluding hydrogens is 276 g/mol. The van der Waals surface area contributed by atoms with Crippen molar-refractivity contribution in [2.75, 3.05) is 12.7 Å². The minimum absolute atomic E-state index is 0.0225. The molecule has 21 heavy (non-hydrogen) atoms. The number of allylic oxidation sites excluding steroid dienone is 1. The van der Waals surface area contributed by atoms with Gasteiger partial charge in [0.05, 0.1) is 14.1 Å². The predicted octanol–water partition coefficient (Wildman–Crippen LogP) is 3.78. The highest BCUT2D eigenvalue weighted by Crippen LogP contribution is 2.43. The second kappa shape index (κ2) is 7.37. The van der Waals surface area contributed by atoms with Crippen molar-refractivity contribution in [1.29, 1.82) is 5.26 Å². The zero-order chi connectivity index (χ0) is 16.1. The fraction of sp³-hybridized carbons (Fsp3) is 0.765. The van der Waals surface area contributed by atoms with Gasteiger partial charge in [0.25, 0.3) is 0 Å². The van der Waals surface area contributed by atoms with E-state index in [1.165, 1.54) is 6.08 Å². The van der Waals surface area contributed by atoms with Gasteiger partial charge in [0.1, 0.15) is 6.04 Å². The van der Waals surface area contributed by atoms with Crippen molar-refractivity contribution in [3.8, 4) is 6.07 Å². The number of hydrogen-bond donors (Lipinski definition) is 0. The number of carbonyl (C=O) groups excluding carboxylic acids is 1. The fourth-order valence-corrected chi connectivity index (χ4v) is 5.13. The molecule has 1 heterocycles. The van der Waals surface area contributed by atoms with Crippen LogP contribution in [0.5, 0.6) is 0 Å². The summed E-state index contributed by atoms with van der Waals surface area (Å²) in [4.78, 5) is 14.0. The van der Waals surface area contributed by atoms with E-state index in [9.17, 15) is 10.1 Å². The quantitative estimate of drug-likeness (QED) is 0.531. The normalized spacial score (nSPS) is 27.1. The Morgan fingerprint density at radius 1 is 1.52 bits per heavy atom. The molecule has 3 nitrogen and oxygen atoms in total. The summed E-state index contributed by atoms with van der Waals surface area (Å²) in [7, 11) is -1.24. The highest BCUT2D eigenvalue weighted by atomic mass is 28.3. The molecule has 1 saturated heterocycles. The highest BCUT2D eigenvalue weighted by molar-refractivity contribution is 6.76. The van der Waals surface area contributed by atoms with Crippen molar-refractivity contribution in [2.45, 2.75) is 64.7 Å². The molecule has 1 aliphatic heterocycles. The summed E-state index contributed by atoms with van der Waals surface area (Å²) >= 11 is 0. The largest absolute Gasteiger partial charge is 0.295 e. The van der Waals surface area contributed by atoms with E-state index in [2.05, 4.69) is 44.1 Å². The maximum Gasteiger partial charge on any atom is 0.155 e. The summed E-state index contributed by atoms with van der Waals surface area (Å²) in [5.41, 5.74) is -0.0225. The topological polar surface area (TPSA) is 44.1 Å². The first-order valence-corrected chi connectivity index (χ1v) is 11.8. The molecule has 0 aromatic carbocycles. The molecule has 1 unspecified atom stereocenters. The van der Waals surface area contributed by atoms with E-state index in [4.69, 9.17) is 0 Å². The molecule has 0 aromatic heterocycles. The molecule has 0 amide bonds. The van der Waals surface area contributed by atoms with Crippen molar-refractivity contribution < 1.29 is 4.79 Å². The molecule has 0 spiro atoms. The van der Waals surface area contributed by atoms with Crippen molar-refractivity contribution in [3.05, 3.63) is 12.7 Å². The third-order valence-corrected chi connectivity index (χ3v) is 6.02. The third kappa shape index (κ3) is 4.79. The van der Waals surface area contributed by atoms with Gasteiger partial charge in [0, 0.05) is 6.42 Å². The average Bonchev–Trinajstić information content (AvgIpc) is 2.43. The van der Waals surface area contributed by atoms with Gasteiger partial charge in [0.15, 0.2) is 5.78 Å². The Morgan fingerprint density at radius 2 is 2.19 bits per heavy atom. The molecule has 1 fully saturated rings. The highest BCUT2D eigenvalue weighted by Gasteiger charge is 2.44. The number of likely N-dealkylation sites (tertiary alicyclic amines) is 1. The van der Waals surface area contributed by atoms with Gasteiger partial charge in [-0.2, -0.15) is 5.26 Å². The lowest BCUT2D eigenvalue weighted by atomic mass is 9.68. The van der Waals surface area contributed by atoms with Crippen LogP contribution in [0.4, 0.5) is 0 Å². The number of ketones is 1. The lowest BCUT2D eigenvalue weighted by Crippen LogP contribution is -2.55. The Morgan fingerprint density at radius 3 is 2.67 bits per heavy atom. The molecule has 0 radical (unpaired) electrons. The summed E-state index contributed by atoms with van der Waals surface area (Å²) in [5, 5.41) is 9.77. The Kier molecular flexibility index (Phi) is 6.36. The van der Waals surface area contributed by atoms with Gasteiger partial charge in [0.2, 0.25) is 0 Å². The molecular formula is C17H30N2OSi. The fourth-order valence-electron chi connectivity index (χ4n) is 3.57. The van der Waals surface area contributed by atoms with E-state index in [1.54, 1.807) is 0 Å². The van der Waals surface area contributed by atoms with Crippen LogP contribution in [0.15, 0.2) is 12.7 Å². The number of nitrogens with zero attached hydrogens (tertiary/aromatic N) is 2. The lowest BCUT2D eigenvalue weighted by Gasteiger charge is -2.48. The van der Waals surface area contributed by atoms with Crippen LogP contribution in [0, 0.1) is 16.7 Å². The van der Waals surface area contributed by atoms with E-state index in [0.717, 1.165) is 38.4 Å². The Bertz CT molecular complexity index is 421. The van der Waals surface area contributed by atoms with E-state index in [-0.39, 0.29) is 17.2 Å². The first-order chi connectivity index (χ1) is 9.78. The van der Waals surface area contributed by atoms with Crippen LogP contribution in [0.2, 0.25) is 19.6 Å². The zero-order valence-electron chi connectivity index (χ0n) is 14.1. The van der Waals surface area contributed by atoms with Gasteiger partial charge in [-0.1, -0.05) is 33.1 Å². The minimum Gasteiger partial charge on any atom is -0.295 e. The van der Waals surface area contributed by atoms with E-state index in [0.29, 0.717) is 6.42 Å². The summed E-state index contributed by atoms with van der Waals surface area (Å²) in [6.45, 7) is 13.8. The predicted molar refractivity (Wildman–Crippen MR) is 90.7 cm³/mol. The van der Waals surface area contributed by atoms with Crippen LogP contribution in [0.25, 0.3) is 0 Å². The minimum atomic E-state index is -1.24. The maximum absolute atomic E-state index is 11.6. The lowest BCUT2D eigenvalue weighted by molar-refractivity contribution is -0.115. The molecule has 1 rings (SSSR count). The summed E-state index contributed by atoms with van der Waals surface area (Å²) in [5.74, 6) is 0.0989. The van der Waals surface area contributed by atoms with Gasteiger partial charge < -0.3 is 0 Å². The van der Waals surface area contributed by atoms with Crippen LogP contribution in [0.3, 0.4) is 0 Å². The Balaban J connectivity index is 2.92. The first-order valence-electron chi connectivity index (χ1n) is 8.07. The van der Waals surface area contributed by atoms with Crippen molar-refractivity contribution in [1.82, 2.24) is 4.90 Å². The van der Waals surface area contributed by atoms with Crippen LogP contribution in [-0.4, -0.2) is 37.5 Å². The number of piperidine rings is 1. The molecule has 1 aliphatic rings. The monoisotopic (exact) mass is 306 g/mol. The smallest absolute Gasteiger partial charge is 0.155 e. The SMILES string of the molecule is C=CC(=O)CC[C@@]1(CC)CCCN(C[Si](C)(C)C)C1C#N. The number of carbonyl (C=O) groups is 1. The van der Waals surface area contributed by atoms with Gasteiger partial charge in [-0.05, 0) is 49.9 Å². The average molecular weight is 307 g/mol. The Labute approximate surface area is 131 Å². The van der Waals surface area contributed by atoms with Crippen LogP contribution < -0.4 is 0 Å². The molecule has 0 aromatic rings. The van der Waals surface area contributed by atoms with E-state index >= 15 is 0 Å². The van der Waals surface area contributed by atoms with Crippen molar-refractivity contribution >= 4 is 13.9 Å². The molecule has 0 aliphatic carbocycles. The number of hydrogen-bond acceptors (Lipinski definition) is 3. The van der Waals surface area contributed by atoms with E-state index in [1.807, 2.05) is 0 Å². The van der Waals surface area contributed by atoms with Gasteiger partial charge >= 0.3 is 0 Å². The molecule has 4 heteroatoms. The molecule has 2 atom stereocenters. The van der Waals surface area contributed by atoms with Crippen molar-refractivity contribution in [3.63, 3.8) is 0 Å². The second-order valence-electron chi connectivity index (χ2n) is 7.55. The van der Waals surface area contributed by atoms with Crippen LogP contribution >= 0.6 is 0 Å². The van der Waals surface area contributed by atoms with E-state index < -0.39 is 8.07 Å². The standard InChI is InChI=1S/C17H30N2OSi/c1-6-15(20)9-11-17(7-2)10-8-12-19(16(17)13-18)14-21(3,4)5/h6,16H,1,7-12,14H2,2-5H3/t16?,17-/m1/s1. The molecule has 0 bridgehead atoms. The summed E-state index contributed by atoms with van der Waals surface area (Å²) in [6.07, 6.45) is 6.99. The third-order valence-electron chi connectivity index (χ3n) is 4.67. The number of rotatable bonds is 7. The van der Waals surface area contributed by atoms with Gasteiger partial charge in [-0.25, -0.2) is 0 Å². The Hall–Kier alpha value is -0.923. The van der Waals surface area contributed by atoms with Crippen LogP contribution in [-0.2, 0) is 4.79 Å². The van der Waals surface area contributed by atoms with Crippen molar-refractivity contribution in [2.24, 2.45) is 5.41 Å². The molecule has 118 valence electrons. The first kappa shape index (κ1) is 18.1. The number of nitriles is 1. The summed E-state index contributed by atoms with van der Waals surface area (Å²) < 4.78 is 0. The second-order valence-corrected chi connectivity index (χ2v) is 13.0. The summed E-state index contributed by atoms with van der Waals surface area (Å²) in [6, 6.07) is 2.53. The van der Waals surface area contributed by atoms with Gasteiger partial charge in [-0.3, -0.25) is 9.69 Å². The van der Waals surface area contributed by atoms with Gasteiger partial charge in [-0.15, -0.1) is 0 Å². The molecule has 0 N–H and O–H groups in total.